The van der Waals surface area contributed by atoms with Gasteiger partial charge in [-0.25, -0.2) is 4.98 Å². The third-order valence-electron chi connectivity index (χ3n) is 3.26. The highest BCUT2D eigenvalue weighted by Crippen LogP contribution is 2.33. The molecule has 5 heteroatoms. The van der Waals surface area contributed by atoms with Gasteiger partial charge in [-0.15, -0.1) is 17.9 Å². The third kappa shape index (κ3) is 2.10. The Bertz CT molecular complexity index is 665. The first-order valence-electron chi connectivity index (χ1n) is 6.40. The van der Waals surface area contributed by atoms with Gasteiger partial charge in [0.2, 0.25) is 0 Å². The topological polar surface area (TPSA) is 45.2 Å². The molecule has 0 saturated carbocycles. The number of fused-ring (bicyclic) bond motifs is 1. The highest BCUT2D eigenvalue weighted by Gasteiger charge is 2.33. The number of rotatable bonds is 3. The van der Waals surface area contributed by atoms with Crippen molar-refractivity contribution in [2.24, 2.45) is 0 Å². The summed E-state index contributed by atoms with van der Waals surface area (Å²) in [5.41, 5.74) is 2.42. The first kappa shape index (κ1) is 12.9. The van der Waals surface area contributed by atoms with Crippen molar-refractivity contribution < 1.29 is 4.79 Å². The van der Waals surface area contributed by atoms with Gasteiger partial charge in [0, 0.05) is 17.6 Å². The van der Waals surface area contributed by atoms with Crippen LogP contribution >= 0.6 is 11.3 Å². The average Bonchev–Trinajstić information content (AvgIpc) is 2.88. The third-order valence-corrected chi connectivity index (χ3v) is 4.06. The van der Waals surface area contributed by atoms with Gasteiger partial charge in [0.1, 0.15) is 6.17 Å². The Morgan fingerprint density at radius 2 is 2.30 bits per heavy atom. The molecule has 1 atom stereocenters. The van der Waals surface area contributed by atoms with Crippen LogP contribution < -0.4 is 5.32 Å². The van der Waals surface area contributed by atoms with E-state index in [2.05, 4.69) is 16.9 Å². The number of carbonyl (C=O) groups excluding carboxylic acids is 1. The number of benzene rings is 1. The van der Waals surface area contributed by atoms with Crippen LogP contribution in [-0.4, -0.2) is 22.3 Å². The highest BCUT2D eigenvalue weighted by atomic mass is 32.1. The fraction of sp³-hybridized carbons (Fsp3) is 0.200. The molecule has 1 amide bonds. The van der Waals surface area contributed by atoms with E-state index in [1.165, 1.54) is 0 Å². The molecule has 1 aliphatic rings. The maximum Gasteiger partial charge on any atom is 0.258 e. The molecule has 1 aromatic heterocycles. The summed E-state index contributed by atoms with van der Waals surface area (Å²) in [5, 5.41) is 6.38. The Morgan fingerprint density at radius 3 is 3.00 bits per heavy atom. The maximum atomic E-state index is 12.6. The Kier molecular flexibility index (Phi) is 3.28. The van der Waals surface area contributed by atoms with E-state index in [4.69, 9.17) is 0 Å². The molecular formula is C15H15N3OS. The van der Waals surface area contributed by atoms with E-state index in [1.807, 2.05) is 36.6 Å². The van der Waals surface area contributed by atoms with Crippen LogP contribution in [-0.2, 0) is 0 Å². The molecule has 2 aromatic rings. The normalized spacial score (nSPS) is 17.6. The zero-order valence-corrected chi connectivity index (χ0v) is 12.0. The fourth-order valence-corrected chi connectivity index (χ4v) is 2.99. The number of hydrogen-bond donors (Lipinski definition) is 1. The number of carbonyl (C=O) groups is 1. The van der Waals surface area contributed by atoms with Crippen LogP contribution in [0.1, 0.15) is 27.2 Å². The van der Waals surface area contributed by atoms with E-state index >= 15 is 0 Å². The number of nitrogens with one attached hydrogen (secondary N) is 1. The van der Waals surface area contributed by atoms with Gasteiger partial charge in [0.25, 0.3) is 5.91 Å². The van der Waals surface area contributed by atoms with Crippen molar-refractivity contribution in [3.05, 3.63) is 58.6 Å². The molecule has 20 heavy (non-hydrogen) atoms. The molecule has 0 unspecified atom stereocenters. The molecule has 102 valence electrons. The van der Waals surface area contributed by atoms with Crippen LogP contribution in [0.3, 0.4) is 0 Å². The zero-order chi connectivity index (χ0) is 14.1. The highest BCUT2D eigenvalue weighted by molar-refractivity contribution is 7.09. The van der Waals surface area contributed by atoms with Crippen molar-refractivity contribution in [1.82, 2.24) is 9.88 Å². The standard InChI is InChI=1S/C15H15N3OS/c1-3-8-18-14(13-9-20-10(2)16-13)17-12-7-5-4-6-11(12)15(18)19/h3-7,9,14,17H,1,8H2,2H3/t14-/m0/s1. The number of hydrogen-bond acceptors (Lipinski definition) is 4. The smallest absolute Gasteiger partial charge is 0.258 e. The molecule has 0 fully saturated rings. The monoisotopic (exact) mass is 285 g/mol. The summed E-state index contributed by atoms with van der Waals surface area (Å²) >= 11 is 1.59. The minimum Gasteiger partial charge on any atom is -0.359 e. The van der Waals surface area contributed by atoms with E-state index in [9.17, 15) is 4.79 Å². The van der Waals surface area contributed by atoms with Crippen molar-refractivity contribution in [2.45, 2.75) is 13.1 Å². The lowest BCUT2D eigenvalue weighted by molar-refractivity contribution is 0.0704. The number of thiazole rings is 1. The Balaban J connectivity index is 2.05. The second-order valence-electron chi connectivity index (χ2n) is 4.63. The Morgan fingerprint density at radius 1 is 1.50 bits per heavy atom. The molecule has 0 aliphatic carbocycles. The van der Waals surface area contributed by atoms with Crippen molar-refractivity contribution in [1.29, 1.82) is 0 Å². The lowest BCUT2D eigenvalue weighted by atomic mass is 10.1. The number of para-hydroxylation sites is 1. The lowest BCUT2D eigenvalue weighted by Gasteiger charge is -2.36. The van der Waals surface area contributed by atoms with E-state index < -0.39 is 0 Å². The van der Waals surface area contributed by atoms with E-state index in [1.54, 1.807) is 22.3 Å². The quantitative estimate of drug-likeness (QED) is 0.881. The second-order valence-corrected chi connectivity index (χ2v) is 5.69. The van der Waals surface area contributed by atoms with E-state index in [0.717, 1.165) is 16.4 Å². The van der Waals surface area contributed by atoms with Crippen LogP contribution in [0.5, 0.6) is 0 Å². The van der Waals surface area contributed by atoms with Crippen molar-refractivity contribution >= 4 is 22.9 Å². The van der Waals surface area contributed by atoms with Gasteiger partial charge in [0.05, 0.1) is 16.3 Å². The molecule has 3 rings (SSSR count). The molecule has 0 spiro atoms. The summed E-state index contributed by atoms with van der Waals surface area (Å²) in [6.07, 6.45) is 1.50. The Labute approximate surface area is 121 Å². The van der Waals surface area contributed by atoms with Gasteiger partial charge >= 0.3 is 0 Å². The van der Waals surface area contributed by atoms with Gasteiger partial charge in [-0.05, 0) is 19.1 Å². The minimum absolute atomic E-state index is 0.00917. The van der Waals surface area contributed by atoms with Crippen molar-refractivity contribution in [3.8, 4) is 0 Å². The molecule has 0 saturated heterocycles. The molecule has 2 heterocycles. The summed E-state index contributed by atoms with van der Waals surface area (Å²) in [5.74, 6) is 0.00917. The van der Waals surface area contributed by atoms with Crippen molar-refractivity contribution in [3.63, 3.8) is 0 Å². The predicted molar refractivity (Wildman–Crippen MR) is 80.9 cm³/mol. The maximum absolute atomic E-state index is 12.6. The number of anilines is 1. The van der Waals surface area contributed by atoms with E-state index in [0.29, 0.717) is 12.1 Å². The van der Waals surface area contributed by atoms with Gasteiger partial charge < -0.3 is 10.2 Å². The molecule has 1 aromatic carbocycles. The van der Waals surface area contributed by atoms with Gasteiger partial charge in [0.15, 0.2) is 0 Å². The predicted octanol–water partition coefficient (Wildman–Crippen LogP) is 3.20. The molecule has 1 N–H and O–H groups in total. The summed E-state index contributed by atoms with van der Waals surface area (Å²) in [4.78, 5) is 18.9. The van der Waals surface area contributed by atoms with Gasteiger partial charge in [-0.3, -0.25) is 4.79 Å². The Hall–Kier alpha value is -2.14. The van der Waals surface area contributed by atoms with Crippen LogP contribution in [0.4, 0.5) is 5.69 Å². The van der Waals surface area contributed by atoms with Gasteiger partial charge in [-0.1, -0.05) is 18.2 Å². The fourth-order valence-electron chi connectivity index (χ4n) is 2.36. The summed E-state index contributed by atoms with van der Waals surface area (Å²) in [6, 6.07) is 7.55. The van der Waals surface area contributed by atoms with Crippen molar-refractivity contribution in [2.75, 3.05) is 11.9 Å². The largest absolute Gasteiger partial charge is 0.359 e. The van der Waals surface area contributed by atoms with Crippen LogP contribution in [0, 0.1) is 6.92 Å². The first-order valence-corrected chi connectivity index (χ1v) is 7.28. The second kappa shape index (κ2) is 5.09. The summed E-state index contributed by atoms with van der Waals surface area (Å²) in [7, 11) is 0. The van der Waals surface area contributed by atoms with Crippen LogP contribution in [0.25, 0.3) is 0 Å². The van der Waals surface area contributed by atoms with Crippen LogP contribution in [0.15, 0.2) is 42.3 Å². The average molecular weight is 285 g/mol. The number of amides is 1. The summed E-state index contributed by atoms with van der Waals surface area (Å²) < 4.78 is 0. The minimum atomic E-state index is -0.236. The molecule has 1 aliphatic heterocycles. The SMILES string of the molecule is C=CCN1C(=O)c2ccccc2N[C@@H]1c1csc(C)n1. The van der Waals surface area contributed by atoms with Gasteiger partial charge in [-0.2, -0.15) is 0 Å². The number of nitrogens with zero attached hydrogens (tertiary/aromatic N) is 2. The zero-order valence-electron chi connectivity index (χ0n) is 11.2. The number of aromatic nitrogens is 1. The summed E-state index contributed by atoms with van der Waals surface area (Å²) in [6.45, 7) is 6.19. The molecular weight excluding hydrogens is 270 g/mol. The lowest BCUT2D eigenvalue weighted by Crippen LogP contribution is -2.43. The molecule has 0 bridgehead atoms. The van der Waals surface area contributed by atoms with E-state index in [-0.39, 0.29) is 12.1 Å². The number of aryl methyl sites for hydroxylation is 1. The van der Waals surface area contributed by atoms with Crippen LogP contribution in [0.2, 0.25) is 0 Å². The first-order chi connectivity index (χ1) is 9.70. The molecule has 0 radical (unpaired) electrons. The molecule has 4 nitrogen and oxygen atoms in total.